The fraction of sp³-hybridized carbons (Fsp3) is 0.462. The molecule has 0 radical (unpaired) electrons. The van der Waals surface area contributed by atoms with Crippen LogP contribution in [0.5, 0.6) is 0 Å². The number of carbonyl (C=O) groups excluding carboxylic acids is 2. The van der Waals surface area contributed by atoms with E-state index in [0.29, 0.717) is 23.2 Å². The number of aryl methyl sites for hydroxylation is 2. The van der Waals surface area contributed by atoms with Crippen molar-refractivity contribution in [2.75, 3.05) is 24.9 Å². The second kappa shape index (κ2) is 12.3. The zero-order valence-electron chi connectivity index (χ0n) is 22.1. The van der Waals surface area contributed by atoms with Crippen LogP contribution in [-0.4, -0.2) is 62.2 Å². The van der Waals surface area contributed by atoms with E-state index in [9.17, 15) is 22.4 Å². The maximum atomic E-state index is 13.7. The van der Waals surface area contributed by atoms with Crippen molar-refractivity contribution in [3.63, 3.8) is 0 Å². The van der Waals surface area contributed by atoms with Gasteiger partial charge in [0.25, 0.3) is 0 Å². The highest BCUT2D eigenvalue weighted by Gasteiger charge is 2.33. The van der Waals surface area contributed by atoms with Crippen LogP contribution in [0, 0.1) is 19.7 Å². The van der Waals surface area contributed by atoms with Crippen molar-refractivity contribution in [3.05, 3.63) is 65.0 Å². The SMILES string of the molecule is CC[C@@H](C)NC(=O)[C@H](C)N(Cc1ccc(F)cc1)C(=O)CN(c1cc(C)ccc1C)S(=O)(=O)N(C)C. The van der Waals surface area contributed by atoms with E-state index in [0.717, 1.165) is 14.2 Å². The average Bonchev–Trinajstić information content (AvgIpc) is 2.82. The lowest BCUT2D eigenvalue weighted by Gasteiger charge is -2.33. The lowest BCUT2D eigenvalue weighted by atomic mass is 10.1. The van der Waals surface area contributed by atoms with Crippen LogP contribution >= 0.6 is 0 Å². The largest absolute Gasteiger partial charge is 0.352 e. The molecule has 0 fully saturated rings. The number of carbonyl (C=O) groups is 2. The van der Waals surface area contributed by atoms with E-state index in [4.69, 9.17) is 0 Å². The van der Waals surface area contributed by atoms with Crippen LogP contribution in [-0.2, 0) is 26.3 Å². The maximum absolute atomic E-state index is 13.7. The van der Waals surface area contributed by atoms with Gasteiger partial charge in [-0.05, 0) is 69.0 Å². The van der Waals surface area contributed by atoms with Crippen LogP contribution in [0.3, 0.4) is 0 Å². The molecule has 2 rings (SSSR count). The molecule has 0 unspecified atom stereocenters. The second-order valence-electron chi connectivity index (χ2n) is 9.23. The van der Waals surface area contributed by atoms with E-state index in [1.54, 1.807) is 26.0 Å². The van der Waals surface area contributed by atoms with Crippen LogP contribution < -0.4 is 9.62 Å². The van der Waals surface area contributed by atoms with Crippen molar-refractivity contribution >= 4 is 27.7 Å². The molecule has 0 saturated heterocycles. The Bertz CT molecular complexity index is 1170. The minimum atomic E-state index is -4.04. The van der Waals surface area contributed by atoms with E-state index < -0.39 is 34.5 Å². The Kier molecular flexibility index (Phi) is 10.0. The minimum absolute atomic E-state index is 0.0108. The lowest BCUT2D eigenvalue weighted by Crippen LogP contribution is -2.53. The number of nitrogens with one attached hydrogen (secondary N) is 1. The van der Waals surface area contributed by atoms with Gasteiger partial charge in [0.2, 0.25) is 11.8 Å². The molecule has 0 aromatic heterocycles. The Balaban J connectivity index is 2.49. The molecule has 36 heavy (non-hydrogen) atoms. The summed E-state index contributed by atoms with van der Waals surface area (Å²) in [5.74, 6) is -1.33. The summed E-state index contributed by atoms with van der Waals surface area (Å²) in [4.78, 5) is 28.0. The highest BCUT2D eigenvalue weighted by Crippen LogP contribution is 2.26. The molecule has 8 nitrogen and oxygen atoms in total. The summed E-state index contributed by atoms with van der Waals surface area (Å²) in [6.45, 7) is 8.52. The van der Waals surface area contributed by atoms with Gasteiger partial charge in [-0.15, -0.1) is 0 Å². The van der Waals surface area contributed by atoms with Gasteiger partial charge < -0.3 is 10.2 Å². The molecule has 2 aromatic rings. The molecule has 0 aliphatic carbocycles. The Morgan fingerprint density at radius 3 is 2.19 bits per heavy atom. The molecule has 0 spiro atoms. The molecule has 0 bridgehead atoms. The normalized spacial score (nSPS) is 13.2. The number of rotatable bonds is 11. The van der Waals surface area contributed by atoms with Gasteiger partial charge >= 0.3 is 10.2 Å². The number of hydrogen-bond acceptors (Lipinski definition) is 4. The van der Waals surface area contributed by atoms with Crippen molar-refractivity contribution in [2.45, 2.75) is 59.7 Å². The molecular weight excluding hydrogens is 483 g/mol. The molecular formula is C26H37FN4O4S. The lowest BCUT2D eigenvalue weighted by molar-refractivity contribution is -0.139. The molecule has 0 heterocycles. The highest BCUT2D eigenvalue weighted by atomic mass is 32.2. The highest BCUT2D eigenvalue weighted by molar-refractivity contribution is 7.90. The van der Waals surface area contributed by atoms with E-state index >= 15 is 0 Å². The van der Waals surface area contributed by atoms with Gasteiger partial charge in [0, 0.05) is 26.7 Å². The molecule has 2 amide bonds. The number of benzene rings is 2. The number of halogens is 1. The van der Waals surface area contributed by atoms with Crippen molar-refractivity contribution in [2.24, 2.45) is 0 Å². The predicted octanol–water partition coefficient (Wildman–Crippen LogP) is 3.39. The van der Waals surface area contributed by atoms with E-state index in [-0.39, 0.29) is 18.5 Å². The first-order chi connectivity index (χ1) is 16.8. The summed E-state index contributed by atoms with van der Waals surface area (Å²) in [5.41, 5.74) is 2.52. The molecule has 1 N–H and O–H groups in total. The smallest absolute Gasteiger partial charge is 0.304 e. The standard InChI is InChI=1S/C26H37FN4O4S/c1-8-20(4)28-26(33)21(5)30(16-22-11-13-23(27)14-12-22)25(32)17-31(36(34,35)29(6)7)24-15-18(2)9-10-19(24)3/h9-15,20-21H,8,16-17H2,1-7H3,(H,28,33)/t20-,21+/m1/s1. The third-order valence-corrected chi connectivity index (χ3v) is 7.89. The van der Waals surface area contributed by atoms with Crippen molar-refractivity contribution in [1.82, 2.24) is 14.5 Å². The third-order valence-electron chi connectivity index (χ3n) is 6.09. The number of hydrogen-bond donors (Lipinski definition) is 1. The monoisotopic (exact) mass is 520 g/mol. The molecule has 2 atom stereocenters. The summed E-state index contributed by atoms with van der Waals surface area (Å²) in [6, 6.07) is 10.0. The van der Waals surface area contributed by atoms with E-state index in [1.165, 1.54) is 43.3 Å². The molecule has 10 heteroatoms. The number of amides is 2. The van der Waals surface area contributed by atoms with Crippen LogP contribution in [0.1, 0.15) is 43.9 Å². The van der Waals surface area contributed by atoms with E-state index in [2.05, 4.69) is 5.32 Å². The summed E-state index contributed by atoms with van der Waals surface area (Å²) in [7, 11) is -1.24. The van der Waals surface area contributed by atoms with Crippen LogP contribution in [0.2, 0.25) is 0 Å². The van der Waals surface area contributed by atoms with Gasteiger partial charge in [-0.25, -0.2) is 8.70 Å². The van der Waals surface area contributed by atoms with Crippen LogP contribution in [0.15, 0.2) is 42.5 Å². The van der Waals surface area contributed by atoms with Gasteiger partial charge in [-0.1, -0.05) is 31.2 Å². The number of anilines is 1. The van der Waals surface area contributed by atoms with Gasteiger partial charge in [-0.3, -0.25) is 9.59 Å². The van der Waals surface area contributed by atoms with Gasteiger partial charge in [0.1, 0.15) is 18.4 Å². The Hall–Kier alpha value is -2.98. The number of nitrogens with zero attached hydrogens (tertiary/aromatic N) is 3. The van der Waals surface area contributed by atoms with Crippen LogP contribution in [0.25, 0.3) is 0 Å². The molecule has 0 aliphatic rings. The first-order valence-corrected chi connectivity index (χ1v) is 13.3. The molecule has 198 valence electrons. The minimum Gasteiger partial charge on any atom is -0.352 e. The zero-order chi connectivity index (χ0) is 27.2. The zero-order valence-corrected chi connectivity index (χ0v) is 22.9. The molecule has 2 aromatic carbocycles. The average molecular weight is 521 g/mol. The fourth-order valence-corrected chi connectivity index (χ4v) is 4.64. The summed E-state index contributed by atoms with van der Waals surface area (Å²) < 4.78 is 42.2. The maximum Gasteiger partial charge on any atom is 0.304 e. The molecule has 0 saturated carbocycles. The van der Waals surface area contributed by atoms with Gasteiger partial charge in [0.15, 0.2) is 0 Å². The van der Waals surface area contributed by atoms with Gasteiger partial charge in [0.05, 0.1) is 5.69 Å². The quantitative estimate of drug-likeness (QED) is 0.492. The first kappa shape index (κ1) is 29.3. The summed E-state index contributed by atoms with van der Waals surface area (Å²) >= 11 is 0. The van der Waals surface area contributed by atoms with E-state index in [1.807, 2.05) is 26.8 Å². The van der Waals surface area contributed by atoms with Crippen molar-refractivity contribution in [1.29, 1.82) is 0 Å². The molecule has 0 aliphatic heterocycles. The van der Waals surface area contributed by atoms with Crippen molar-refractivity contribution in [3.8, 4) is 0 Å². The topological polar surface area (TPSA) is 90.0 Å². The van der Waals surface area contributed by atoms with Gasteiger partial charge in [-0.2, -0.15) is 12.7 Å². The Morgan fingerprint density at radius 2 is 1.64 bits per heavy atom. The Morgan fingerprint density at radius 1 is 1.03 bits per heavy atom. The Labute approximate surface area is 214 Å². The fourth-order valence-electron chi connectivity index (χ4n) is 3.52. The predicted molar refractivity (Wildman–Crippen MR) is 140 cm³/mol. The second-order valence-corrected chi connectivity index (χ2v) is 11.3. The third kappa shape index (κ3) is 7.27. The van der Waals surface area contributed by atoms with Crippen LogP contribution in [0.4, 0.5) is 10.1 Å². The summed E-state index contributed by atoms with van der Waals surface area (Å²) in [5, 5.41) is 2.88. The van der Waals surface area contributed by atoms with Crippen molar-refractivity contribution < 1.29 is 22.4 Å². The first-order valence-electron chi connectivity index (χ1n) is 11.9. The summed E-state index contributed by atoms with van der Waals surface area (Å²) in [6.07, 6.45) is 0.714.